The fourth-order valence-electron chi connectivity index (χ4n) is 0.673. The van der Waals surface area contributed by atoms with Gasteiger partial charge in [0.05, 0.1) is 0 Å². The van der Waals surface area contributed by atoms with Crippen molar-refractivity contribution in [3.63, 3.8) is 0 Å². The van der Waals surface area contributed by atoms with Crippen LogP contribution in [-0.4, -0.2) is 25.4 Å². The lowest BCUT2D eigenvalue weighted by molar-refractivity contribution is 0.241. The van der Waals surface area contributed by atoms with E-state index in [1.54, 1.807) is 0 Å². The zero-order valence-corrected chi connectivity index (χ0v) is 5.84. The van der Waals surface area contributed by atoms with Crippen LogP contribution >= 0.6 is 0 Å². The zero-order chi connectivity index (χ0) is 8.39. The van der Waals surface area contributed by atoms with Crippen LogP contribution in [0.4, 0.5) is 0 Å². The van der Waals surface area contributed by atoms with Crippen molar-refractivity contribution in [2.24, 2.45) is 0 Å². The Balaban J connectivity index is 2.35. The van der Waals surface area contributed by atoms with Crippen LogP contribution < -0.4 is 0 Å². The number of rotatable bonds is 2. The summed E-state index contributed by atoms with van der Waals surface area (Å²) >= 11 is 0. The summed E-state index contributed by atoms with van der Waals surface area (Å²) in [4.78, 5) is 3.68. The van der Waals surface area contributed by atoms with E-state index in [1.165, 1.54) is 0 Å². The van der Waals surface area contributed by atoms with Crippen LogP contribution in [0.2, 0.25) is 0 Å². The van der Waals surface area contributed by atoms with Gasteiger partial charge in [-0.2, -0.15) is 4.98 Å². The fourth-order valence-corrected chi connectivity index (χ4v) is 0.673. The van der Waals surface area contributed by atoms with Gasteiger partial charge in [-0.3, -0.25) is 0 Å². The second kappa shape index (κ2) is 2.70. The molecule has 2 heterocycles. The molecule has 2 aromatic rings. The Hall–Kier alpha value is -1.76. The third-order valence-corrected chi connectivity index (χ3v) is 1.15. The maximum Gasteiger partial charge on any atom is 0.289 e. The molecule has 2 rings (SSSR count). The number of aliphatic hydroxyl groups excluding tert-OH is 1. The first kappa shape index (κ1) is 6.92. The van der Waals surface area contributed by atoms with Gasteiger partial charge in [-0.25, -0.2) is 0 Å². The van der Waals surface area contributed by atoms with E-state index in [4.69, 9.17) is 9.52 Å². The second-order valence-corrected chi connectivity index (χ2v) is 1.91. The standard InChI is InChI=1S/C5H4N4O3/c10-1-3-7-8-5(12-3)4-6-2-11-9-4/h2,10H,1H2. The first-order valence-electron chi connectivity index (χ1n) is 3.10. The molecular formula is C5H4N4O3. The predicted octanol–water partition coefficient (Wildman–Crippen LogP) is -0.388. The molecule has 0 saturated heterocycles. The third-order valence-electron chi connectivity index (χ3n) is 1.15. The Kier molecular flexibility index (Phi) is 1.56. The lowest BCUT2D eigenvalue weighted by Crippen LogP contribution is -1.79. The highest BCUT2D eigenvalue weighted by atomic mass is 16.5. The van der Waals surface area contributed by atoms with Crippen molar-refractivity contribution in [1.29, 1.82) is 0 Å². The molecule has 62 valence electrons. The van der Waals surface area contributed by atoms with E-state index in [0.29, 0.717) is 0 Å². The molecule has 0 fully saturated rings. The van der Waals surface area contributed by atoms with Crippen LogP contribution in [0.5, 0.6) is 0 Å². The molecule has 0 saturated carbocycles. The molecule has 7 nitrogen and oxygen atoms in total. The van der Waals surface area contributed by atoms with E-state index in [9.17, 15) is 0 Å². The number of aromatic nitrogens is 4. The molecule has 0 spiro atoms. The highest BCUT2D eigenvalue weighted by molar-refractivity contribution is 5.36. The van der Waals surface area contributed by atoms with Gasteiger partial charge in [-0.05, 0) is 0 Å². The molecule has 12 heavy (non-hydrogen) atoms. The largest absolute Gasteiger partial charge is 0.415 e. The Bertz CT molecular complexity index is 354. The van der Waals surface area contributed by atoms with Crippen LogP contribution in [0.3, 0.4) is 0 Å². The molecule has 0 aliphatic rings. The second-order valence-electron chi connectivity index (χ2n) is 1.91. The van der Waals surface area contributed by atoms with Crippen LogP contribution in [0.1, 0.15) is 5.89 Å². The van der Waals surface area contributed by atoms with Gasteiger partial charge in [0.2, 0.25) is 12.3 Å². The lowest BCUT2D eigenvalue weighted by Gasteiger charge is -1.81. The van der Waals surface area contributed by atoms with E-state index in [2.05, 4.69) is 24.9 Å². The van der Waals surface area contributed by atoms with Gasteiger partial charge < -0.3 is 14.0 Å². The van der Waals surface area contributed by atoms with Crippen molar-refractivity contribution < 1.29 is 14.0 Å². The molecule has 0 amide bonds. The molecule has 0 aromatic carbocycles. The minimum atomic E-state index is -0.301. The number of hydrogen-bond donors (Lipinski definition) is 1. The van der Waals surface area contributed by atoms with Gasteiger partial charge in [0.25, 0.3) is 11.7 Å². The summed E-state index contributed by atoms with van der Waals surface area (Å²) in [6.45, 7) is -0.301. The highest BCUT2D eigenvalue weighted by Gasteiger charge is 2.11. The summed E-state index contributed by atoms with van der Waals surface area (Å²) in [7, 11) is 0. The quantitative estimate of drug-likeness (QED) is 0.651. The fraction of sp³-hybridized carbons (Fsp3) is 0.200. The first-order valence-corrected chi connectivity index (χ1v) is 3.10. The Labute approximate surface area is 66.0 Å². The number of hydrogen-bond acceptors (Lipinski definition) is 7. The average molecular weight is 168 g/mol. The average Bonchev–Trinajstić information content (AvgIpc) is 2.75. The van der Waals surface area contributed by atoms with Crippen LogP contribution in [-0.2, 0) is 6.61 Å². The number of aliphatic hydroxyl groups is 1. The molecule has 0 aliphatic carbocycles. The monoisotopic (exact) mass is 168 g/mol. The Morgan fingerprint density at radius 2 is 2.33 bits per heavy atom. The minimum Gasteiger partial charge on any atom is -0.415 e. The molecular weight excluding hydrogens is 164 g/mol. The minimum absolute atomic E-state index is 0.120. The van der Waals surface area contributed by atoms with Crippen molar-refractivity contribution in [3.05, 3.63) is 12.3 Å². The van der Waals surface area contributed by atoms with Gasteiger partial charge in [-0.15, -0.1) is 10.2 Å². The summed E-state index contributed by atoms with van der Waals surface area (Å²) in [6.07, 6.45) is 1.15. The summed E-state index contributed by atoms with van der Waals surface area (Å²) in [5.74, 6) is 0.463. The predicted molar refractivity (Wildman–Crippen MR) is 33.5 cm³/mol. The van der Waals surface area contributed by atoms with Crippen molar-refractivity contribution in [2.45, 2.75) is 6.61 Å². The van der Waals surface area contributed by atoms with Crippen molar-refractivity contribution >= 4 is 0 Å². The summed E-state index contributed by atoms with van der Waals surface area (Å²) in [5, 5.41) is 19.1. The first-order chi connectivity index (χ1) is 5.90. The molecule has 7 heteroatoms. The molecule has 0 aliphatic heterocycles. The van der Waals surface area contributed by atoms with Gasteiger partial charge in [0, 0.05) is 0 Å². The summed E-state index contributed by atoms with van der Waals surface area (Å²) < 4.78 is 9.38. The molecule has 0 atom stereocenters. The van der Waals surface area contributed by atoms with Crippen molar-refractivity contribution in [1.82, 2.24) is 20.3 Å². The highest BCUT2D eigenvalue weighted by Crippen LogP contribution is 2.11. The van der Waals surface area contributed by atoms with Gasteiger partial charge in [-0.1, -0.05) is 5.16 Å². The third kappa shape index (κ3) is 1.05. The van der Waals surface area contributed by atoms with Gasteiger partial charge in [0.1, 0.15) is 6.61 Å². The Morgan fingerprint density at radius 3 is 2.92 bits per heavy atom. The SMILES string of the molecule is OCc1nnc(-c2ncon2)o1. The van der Waals surface area contributed by atoms with E-state index in [-0.39, 0.29) is 24.2 Å². The Morgan fingerprint density at radius 1 is 1.42 bits per heavy atom. The van der Waals surface area contributed by atoms with Crippen LogP contribution in [0, 0.1) is 0 Å². The number of nitrogens with zero attached hydrogens (tertiary/aromatic N) is 4. The van der Waals surface area contributed by atoms with Crippen molar-refractivity contribution in [2.75, 3.05) is 0 Å². The molecule has 0 bridgehead atoms. The smallest absolute Gasteiger partial charge is 0.289 e. The normalized spacial score (nSPS) is 10.4. The molecule has 2 aromatic heterocycles. The van der Waals surface area contributed by atoms with Gasteiger partial charge >= 0.3 is 0 Å². The summed E-state index contributed by atoms with van der Waals surface area (Å²) in [5.41, 5.74) is 0. The topological polar surface area (TPSA) is 98.1 Å². The van der Waals surface area contributed by atoms with Crippen molar-refractivity contribution in [3.8, 4) is 11.7 Å². The van der Waals surface area contributed by atoms with E-state index in [1.807, 2.05) is 0 Å². The summed E-state index contributed by atoms with van der Waals surface area (Å²) in [6, 6.07) is 0. The zero-order valence-electron chi connectivity index (χ0n) is 5.84. The molecule has 0 radical (unpaired) electrons. The van der Waals surface area contributed by atoms with E-state index >= 15 is 0 Å². The molecule has 1 N–H and O–H groups in total. The maximum atomic E-state index is 8.59. The molecule has 0 unspecified atom stereocenters. The van der Waals surface area contributed by atoms with Crippen LogP contribution in [0.25, 0.3) is 11.7 Å². The van der Waals surface area contributed by atoms with E-state index in [0.717, 1.165) is 6.39 Å². The van der Waals surface area contributed by atoms with Gasteiger partial charge in [0.15, 0.2) is 0 Å². The van der Waals surface area contributed by atoms with E-state index < -0.39 is 0 Å². The lowest BCUT2D eigenvalue weighted by atomic mass is 10.6. The van der Waals surface area contributed by atoms with Crippen LogP contribution in [0.15, 0.2) is 15.3 Å². The maximum absolute atomic E-state index is 8.59.